The van der Waals surface area contributed by atoms with Gasteiger partial charge in [-0.3, -0.25) is 4.79 Å². The maximum absolute atomic E-state index is 11.0. The molecule has 1 aliphatic heterocycles. The van der Waals surface area contributed by atoms with E-state index in [4.69, 9.17) is 11.6 Å². The number of halogens is 1. The highest BCUT2D eigenvalue weighted by atomic mass is 35.5. The van der Waals surface area contributed by atoms with Crippen molar-refractivity contribution in [3.8, 4) is 0 Å². The van der Waals surface area contributed by atoms with E-state index in [-0.39, 0.29) is 5.15 Å². The van der Waals surface area contributed by atoms with Crippen molar-refractivity contribution in [1.29, 1.82) is 0 Å². The molecule has 92 valence electrons. The van der Waals surface area contributed by atoms with Gasteiger partial charge in [0.15, 0.2) is 6.29 Å². The molecule has 5 heteroatoms. The first kappa shape index (κ1) is 12.3. The fourth-order valence-corrected chi connectivity index (χ4v) is 2.35. The molecule has 0 radical (unpaired) electrons. The van der Waals surface area contributed by atoms with Crippen LogP contribution in [0.1, 0.15) is 30.6 Å². The van der Waals surface area contributed by atoms with Crippen LogP contribution in [0.5, 0.6) is 0 Å². The van der Waals surface area contributed by atoms with Gasteiger partial charge in [-0.05, 0) is 18.3 Å². The Morgan fingerprint density at radius 2 is 2.18 bits per heavy atom. The van der Waals surface area contributed by atoms with Gasteiger partial charge in [0, 0.05) is 13.1 Å². The minimum Gasteiger partial charge on any atom is -0.356 e. The van der Waals surface area contributed by atoms with Crippen LogP contribution in [0, 0.1) is 11.8 Å². The summed E-state index contributed by atoms with van der Waals surface area (Å²) in [5.41, 5.74) is 0.399. The molecule has 2 unspecified atom stereocenters. The molecule has 0 bridgehead atoms. The standard InChI is InChI=1S/C12H16ClN3O/c1-8-3-4-16(5-9(8)2)12-10(6-17)11(13)14-7-15-12/h6-9H,3-5H2,1-2H3. The van der Waals surface area contributed by atoms with Crippen molar-refractivity contribution in [2.24, 2.45) is 11.8 Å². The summed E-state index contributed by atoms with van der Waals surface area (Å²) in [5.74, 6) is 1.97. The van der Waals surface area contributed by atoms with Crippen LogP contribution in [-0.2, 0) is 0 Å². The first-order chi connectivity index (χ1) is 8.13. The molecule has 1 saturated heterocycles. The van der Waals surface area contributed by atoms with Gasteiger partial charge in [-0.25, -0.2) is 9.97 Å². The molecule has 0 amide bonds. The number of hydrogen-bond acceptors (Lipinski definition) is 4. The number of hydrogen-bond donors (Lipinski definition) is 0. The van der Waals surface area contributed by atoms with E-state index in [1.807, 2.05) is 0 Å². The van der Waals surface area contributed by atoms with E-state index in [0.717, 1.165) is 25.8 Å². The molecule has 4 nitrogen and oxygen atoms in total. The van der Waals surface area contributed by atoms with E-state index in [2.05, 4.69) is 28.7 Å². The molecule has 0 N–H and O–H groups in total. The van der Waals surface area contributed by atoms with Gasteiger partial charge >= 0.3 is 0 Å². The summed E-state index contributed by atoms with van der Waals surface area (Å²) in [7, 11) is 0. The number of carbonyl (C=O) groups excluding carboxylic acids is 1. The predicted octanol–water partition coefficient (Wildman–Crippen LogP) is 2.42. The van der Waals surface area contributed by atoms with Crippen molar-refractivity contribution in [1.82, 2.24) is 9.97 Å². The molecule has 1 aromatic rings. The Morgan fingerprint density at radius 3 is 2.82 bits per heavy atom. The highest BCUT2D eigenvalue weighted by molar-refractivity contribution is 6.32. The first-order valence-electron chi connectivity index (χ1n) is 5.84. The second kappa shape index (κ2) is 5.00. The zero-order valence-corrected chi connectivity index (χ0v) is 10.8. The minimum atomic E-state index is 0.233. The van der Waals surface area contributed by atoms with Gasteiger partial charge in [0.05, 0.1) is 5.56 Å². The highest BCUT2D eigenvalue weighted by Crippen LogP contribution is 2.28. The molecule has 0 aromatic carbocycles. The maximum Gasteiger partial charge on any atom is 0.156 e. The molecule has 2 rings (SSSR count). The van der Waals surface area contributed by atoms with E-state index >= 15 is 0 Å². The lowest BCUT2D eigenvalue weighted by Crippen LogP contribution is -2.39. The molecule has 0 aliphatic carbocycles. The van der Waals surface area contributed by atoms with Crippen LogP contribution < -0.4 is 4.90 Å². The number of rotatable bonds is 2. The normalized spacial score (nSPS) is 24.8. The SMILES string of the molecule is CC1CCN(c2ncnc(Cl)c2C=O)CC1C. The maximum atomic E-state index is 11.0. The Morgan fingerprint density at radius 1 is 1.41 bits per heavy atom. The van der Waals surface area contributed by atoms with Gasteiger partial charge in [-0.15, -0.1) is 0 Å². The van der Waals surface area contributed by atoms with Crippen LogP contribution in [0.2, 0.25) is 5.15 Å². The number of anilines is 1. The van der Waals surface area contributed by atoms with Crippen molar-refractivity contribution in [3.05, 3.63) is 17.0 Å². The lowest BCUT2D eigenvalue weighted by atomic mass is 9.88. The average molecular weight is 254 g/mol. The fraction of sp³-hybridized carbons (Fsp3) is 0.583. The van der Waals surface area contributed by atoms with Crippen molar-refractivity contribution in [2.45, 2.75) is 20.3 Å². The summed E-state index contributed by atoms with van der Waals surface area (Å²) < 4.78 is 0. The molecule has 1 aliphatic rings. The quantitative estimate of drug-likeness (QED) is 0.600. The van der Waals surface area contributed by atoms with Crippen LogP contribution in [0.4, 0.5) is 5.82 Å². The highest BCUT2D eigenvalue weighted by Gasteiger charge is 2.25. The van der Waals surface area contributed by atoms with Gasteiger partial charge < -0.3 is 4.90 Å². The zero-order chi connectivity index (χ0) is 12.4. The molecular formula is C12H16ClN3O. The van der Waals surface area contributed by atoms with E-state index in [0.29, 0.717) is 23.2 Å². The van der Waals surface area contributed by atoms with Crippen LogP contribution in [0.25, 0.3) is 0 Å². The number of aldehydes is 1. The summed E-state index contributed by atoms with van der Waals surface area (Å²) >= 11 is 5.90. The van der Waals surface area contributed by atoms with Gasteiger partial charge in [-0.1, -0.05) is 25.4 Å². The van der Waals surface area contributed by atoms with Crippen LogP contribution in [-0.4, -0.2) is 29.3 Å². The Hall–Kier alpha value is -1.16. The number of aromatic nitrogens is 2. The van der Waals surface area contributed by atoms with Crippen LogP contribution in [0.3, 0.4) is 0 Å². The van der Waals surface area contributed by atoms with Gasteiger partial charge in [0.1, 0.15) is 17.3 Å². The minimum absolute atomic E-state index is 0.233. The third-order valence-electron chi connectivity index (χ3n) is 3.57. The number of piperidine rings is 1. The lowest BCUT2D eigenvalue weighted by molar-refractivity contribution is 0.112. The first-order valence-corrected chi connectivity index (χ1v) is 6.22. The largest absolute Gasteiger partial charge is 0.356 e. The van der Waals surface area contributed by atoms with E-state index < -0.39 is 0 Å². The lowest BCUT2D eigenvalue weighted by Gasteiger charge is -2.36. The smallest absolute Gasteiger partial charge is 0.156 e. The van der Waals surface area contributed by atoms with Gasteiger partial charge in [0.25, 0.3) is 0 Å². The zero-order valence-electron chi connectivity index (χ0n) is 10.1. The summed E-state index contributed by atoms with van der Waals surface area (Å²) in [4.78, 5) is 21.2. The van der Waals surface area contributed by atoms with Crippen LogP contribution >= 0.6 is 11.6 Å². The second-order valence-corrected chi connectivity index (χ2v) is 5.07. The monoisotopic (exact) mass is 253 g/mol. The predicted molar refractivity (Wildman–Crippen MR) is 67.6 cm³/mol. The number of carbonyl (C=O) groups is 1. The molecule has 1 fully saturated rings. The van der Waals surface area contributed by atoms with Crippen molar-refractivity contribution < 1.29 is 4.79 Å². The van der Waals surface area contributed by atoms with Crippen molar-refractivity contribution in [3.63, 3.8) is 0 Å². The second-order valence-electron chi connectivity index (χ2n) is 4.71. The summed E-state index contributed by atoms with van der Waals surface area (Å²) in [6.07, 6.45) is 3.26. The molecule has 0 saturated carbocycles. The Bertz CT molecular complexity index is 424. The molecule has 0 spiro atoms. The summed E-state index contributed by atoms with van der Waals surface area (Å²) in [6, 6.07) is 0. The van der Waals surface area contributed by atoms with E-state index in [1.54, 1.807) is 0 Å². The Balaban J connectivity index is 2.28. The topological polar surface area (TPSA) is 46.1 Å². The number of nitrogens with zero attached hydrogens (tertiary/aromatic N) is 3. The summed E-state index contributed by atoms with van der Waals surface area (Å²) in [5, 5.41) is 0.233. The molecule has 17 heavy (non-hydrogen) atoms. The van der Waals surface area contributed by atoms with E-state index in [9.17, 15) is 4.79 Å². The average Bonchev–Trinajstić information content (AvgIpc) is 2.32. The Labute approximate surface area is 106 Å². The molecule has 2 heterocycles. The van der Waals surface area contributed by atoms with Gasteiger partial charge in [0.2, 0.25) is 0 Å². The molecule has 2 atom stereocenters. The molecule has 1 aromatic heterocycles. The molecular weight excluding hydrogens is 238 g/mol. The van der Waals surface area contributed by atoms with Crippen molar-refractivity contribution in [2.75, 3.05) is 18.0 Å². The van der Waals surface area contributed by atoms with Crippen LogP contribution in [0.15, 0.2) is 6.33 Å². The fourth-order valence-electron chi connectivity index (χ4n) is 2.17. The third-order valence-corrected chi connectivity index (χ3v) is 3.87. The van der Waals surface area contributed by atoms with Crippen molar-refractivity contribution >= 4 is 23.7 Å². The summed E-state index contributed by atoms with van der Waals surface area (Å²) in [6.45, 7) is 6.31. The van der Waals surface area contributed by atoms with E-state index in [1.165, 1.54) is 6.33 Å². The third kappa shape index (κ3) is 2.41. The van der Waals surface area contributed by atoms with Gasteiger partial charge in [-0.2, -0.15) is 0 Å². The Kier molecular flexibility index (Phi) is 3.62.